The molecule has 2 aromatic rings. The van der Waals surface area contributed by atoms with Crippen molar-refractivity contribution < 1.29 is 13.2 Å². The Morgan fingerprint density at radius 2 is 1.96 bits per heavy atom. The lowest BCUT2D eigenvalue weighted by molar-refractivity contribution is -0.116. The summed E-state index contributed by atoms with van der Waals surface area (Å²) in [6.07, 6.45) is 0.0955. The van der Waals surface area contributed by atoms with E-state index in [4.69, 9.17) is 11.6 Å². The fourth-order valence-electron chi connectivity index (χ4n) is 2.59. The third-order valence-electron chi connectivity index (χ3n) is 4.08. The second-order valence-corrected chi connectivity index (χ2v) is 8.96. The largest absolute Gasteiger partial charge is 0.326 e. The Labute approximate surface area is 167 Å². The highest BCUT2D eigenvalue weighted by Crippen LogP contribution is 2.27. The molecule has 10 heteroatoms. The van der Waals surface area contributed by atoms with Gasteiger partial charge in [-0.2, -0.15) is 4.31 Å². The van der Waals surface area contributed by atoms with Gasteiger partial charge in [0.05, 0.1) is 5.02 Å². The minimum atomic E-state index is -3.74. The van der Waals surface area contributed by atoms with Gasteiger partial charge in [-0.3, -0.25) is 9.59 Å². The molecule has 0 bridgehead atoms. The van der Waals surface area contributed by atoms with Crippen molar-refractivity contribution in [3.8, 4) is 0 Å². The summed E-state index contributed by atoms with van der Waals surface area (Å²) in [4.78, 5) is 23.7. The zero-order valence-electron chi connectivity index (χ0n) is 15.4. The Hall–Kier alpha value is -1.68. The standard InChI is InChI=1S/C17H22ClN3O4S2/c1-4-20(5-2)27(24,25)15-10-13(6-7-14(15)18)19-16(22)8-9-21-12(3)11-26-17(21)23/h6-7,10-11H,4-5,8-9H2,1-3H3,(H,19,22). The number of anilines is 1. The SMILES string of the molecule is CCN(CC)S(=O)(=O)c1cc(NC(=O)CCn2c(C)csc2=O)ccc1Cl. The van der Waals surface area contributed by atoms with Gasteiger partial charge in [-0.15, -0.1) is 0 Å². The predicted molar refractivity (Wildman–Crippen MR) is 108 cm³/mol. The number of carbonyl (C=O) groups is 1. The molecule has 0 aliphatic carbocycles. The van der Waals surface area contributed by atoms with Crippen molar-refractivity contribution in [1.29, 1.82) is 0 Å². The number of thiazole rings is 1. The number of hydrogen-bond acceptors (Lipinski definition) is 5. The highest BCUT2D eigenvalue weighted by atomic mass is 35.5. The molecular weight excluding hydrogens is 410 g/mol. The molecule has 27 heavy (non-hydrogen) atoms. The van der Waals surface area contributed by atoms with Crippen LogP contribution >= 0.6 is 22.9 Å². The zero-order valence-corrected chi connectivity index (χ0v) is 17.7. The molecule has 0 atom stereocenters. The van der Waals surface area contributed by atoms with Crippen LogP contribution in [0.15, 0.2) is 33.3 Å². The van der Waals surface area contributed by atoms with Gasteiger partial charge in [0.25, 0.3) is 0 Å². The van der Waals surface area contributed by atoms with Gasteiger partial charge in [0.1, 0.15) is 4.90 Å². The molecule has 0 saturated carbocycles. The molecule has 1 aromatic carbocycles. The van der Waals surface area contributed by atoms with Gasteiger partial charge in [0.15, 0.2) is 0 Å². The molecule has 0 spiro atoms. The summed E-state index contributed by atoms with van der Waals surface area (Å²) in [5, 5.41) is 4.50. The van der Waals surface area contributed by atoms with Gasteiger partial charge in [-0.25, -0.2) is 8.42 Å². The molecule has 1 heterocycles. The van der Waals surface area contributed by atoms with Crippen LogP contribution in [0.1, 0.15) is 26.0 Å². The number of aryl methyl sites for hydroxylation is 1. The molecule has 1 aromatic heterocycles. The summed E-state index contributed by atoms with van der Waals surface area (Å²) in [5.74, 6) is -0.319. The van der Waals surface area contributed by atoms with Gasteiger partial charge in [-0.1, -0.05) is 36.8 Å². The summed E-state index contributed by atoms with van der Waals surface area (Å²) >= 11 is 7.17. The van der Waals surface area contributed by atoms with Crippen LogP contribution in [0.2, 0.25) is 5.02 Å². The Bertz CT molecular complexity index is 978. The fraction of sp³-hybridized carbons (Fsp3) is 0.412. The van der Waals surface area contributed by atoms with E-state index in [2.05, 4.69) is 5.32 Å². The summed E-state index contributed by atoms with van der Waals surface area (Å²) in [7, 11) is -3.74. The maximum Gasteiger partial charge on any atom is 0.307 e. The molecule has 0 unspecified atom stereocenters. The lowest BCUT2D eigenvalue weighted by Crippen LogP contribution is -2.31. The Kier molecular flexibility index (Phi) is 7.21. The van der Waals surface area contributed by atoms with Crippen LogP contribution in [0.25, 0.3) is 0 Å². The topological polar surface area (TPSA) is 88.5 Å². The molecule has 148 valence electrons. The second kappa shape index (κ2) is 9.01. The van der Waals surface area contributed by atoms with Gasteiger partial charge in [-0.05, 0) is 25.1 Å². The number of amides is 1. The van der Waals surface area contributed by atoms with E-state index in [1.807, 2.05) is 0 Å². The van der Waals surface area contributed by atoms with Gasteiger partial charge < -0.3 is 9.88 Å². The van der Waals surface area contributed by atoms with Crippen molar-refractivity contribution in [1.82, 2.24) is 8.87 Å². The molecule has 0 saturated heterocycles. The number of hydrogen-bond donors (Lipinski definition) is 1. The lowest BCUT2D eigenvalue weighted by Gasteiger charge is -2.19. The van der Waals surface area contributed by atoms with Gasteiger partial charge in [0, 0.05) is 42.8 Å². The highest BCUT2D eigenvalue weighted by Gasteiger charge is 2.25. The summed E-state index contributed by atoms with van der Waals surface area (Å²) in [6.45, 7) is 6.20. The lowest BCUT2D eigenvalue weighted by atomic mass is 10.3. The molecule has 1 N–H and O–H groups in total. The van der Waals surface area contributed by atoms with Crippen LogP contribution in [0.4, 0.5) is 5.69 Å². The van der Waals surface area contributed by atoms with Crippen molar-refractivity contribution in [2.24, 2.45) is 0 Å². The fourth-order valence-corrected chi connectivity index (χ4v) is 5.31. The molecule has 2 rings (SSSR count). The molecule has 7 nitrogen and oxygen atoms in total. The van der Waals surface area contributed by atoms with Gasteiger partial charge in [0.2, 0.25) is 15.9 Å². The minimum absolute atomic E-state index is 0.0458. The zero-order chi connectivity index (χ0) is 20.2. The molecule has 0 radical (unpaired) electrons. The molecular formula is C17H22ClN3O4S2. The molecule has 0 aliphatic heterocycles. The van der Waals surface area contributed by atoms with Gasteiger partial charge >= 0.3 is 4.87 Å². The van der Waals surface area contributed by atoms with E-state index in [0.29, 0.717) is 18.8 Å². The van der Waals surface area contributed by atoms with E-state index >= 15 is 0 Å². The Morgan fingerprint density at radius 3 is 2.52 bits per heavy atom. The summed E-state index contributed by atoms with van der Waals surface area (Å²) in [6, 6.07) is 4.35. The van der Waals surface area contributed by atoms with Crippen molar-refractivity contribution in [3.63, 3.8) is 0 Å². The van der Waals surface area contributed by atoms with Crippen molar-refractivity contribution in [2.45, 2.75) is 38.6 Å². The van der Waals surface area contributed by atoms with E-state index in [9.17, 15) is 18.0 Å². The Morgan fingerprint density at radius 1 is 1.30 bits per heavy atom. The number of halogens is 1. The summed E-state index contributed by atoms with van der Waals surface area (Å²) < 4.78 is 28.2. The van der Waals surface area contributed by atoms with E-state index in [-0.39, 0.29) is 33.7 Å². The molecule has 0 fully saturated rings. The van der Waals surface area contributed by atoms with Crippen LogP contribution in [-0.4, -0.2) is 36.3 Å². The van der Waals surface area contributed by atoms with E-state index in [1.165, 1.54) is 21.0 Å². The second-order valence-electron chi connectivity index (χ2n) is 5.83. The van der Waals surface area contributed by atoms with Crippen LogP contribution in [0, 0.1) is 6.92 Å². The van der Waals surface area contributed by atoms with Crippen LogP contribution in [0.5, 0.6) is 0 Å². The number of nitrogens with one attached hydrogen (secondary N) is 1. The number of nitrogens with zero attached hydrogens (tertiary/aromatic N) is 2. The number of benzene rings is 1. The third kappa shape index (κ3) is 4.98. The maximum atomic E-state index is 12.7. The van der Waals surface area contributed by atoms with E-state index < -0.39 is 10.0 Å². The molecule has 1 amide bonds. The molecule has 0 aliphatic rings. The third-order valence-corrected chi connectivity index (χ3v) is 7.49. The average molecular weight is 432 g/mol. The van der Waals surface area contributed by atoms with E-state index in [1.54, 1.807) is 32.2 Å². The van der Waals surface area contributed by atoms with Crippen molar-refractivity contribution >= 4 is 44.6 Å². The minimum Gasteiger partial charge on any atom is -0.326 e. The van der Waals surface area contributed by atoms with Crippen molar-refractivity contribution in [3.05, 3.63) is 44.0 Å². The van der Waals surface area contributed by atoms with E-state index in [0.717, 1.165) is 17.0 Å². The quantitative estimate of drug-likeness (QED) is 0.695. The van der Waals surface area contributed by atoms with Crippen molar-refractivity contribution in [2.75, 3.05) is 18.4 Å². The normalized spacial score (nSPS) is 11.7. The van der Waals surface area contributed by atoms with Crippen LogP contribution < -0.4 is 10.2 Å². The first kappa shape index (κ1) is 21.6. The summed E-state index contributed by atoms with van der Waals surface area (Å²) in [5.41, 5.74) is 1.14. The number of sulfonamides is 1. The first-order valence-electron chi connectivity index (χ1n) is 8.45. The van der Waals surface area contributed by atoms with Crippen LogP contribution in [0.3, 0.4) is 0 Å². The average Bonchev–Trinajstić information content (AvgIpc) is 2.93. The number of aromatic nitrogens is 1. The predicted octanol–water partition coefficient (Wildman–Crippen LogP) is 2.93. The number of carbonyl (C=O) groups excluding carboxylic acids is 1. The Balaban J connectivity index is 2.16. The first-order chi connectivity index (χ1) is 12.7. The number of rotatable bonds is 8. The maximum absolute atomic E-state index is 12.7. The van der Waals surface area contributed by atoms with Crippen LogP contribution in [-0.2, 0) is 21.4 Å². The monoisotopic (exact) mass is 431 g/mol. The highest BCUT2D eigenvalue weighted by molar-refractivity contribution is 7.89. The smallest absolute Gasteiger partial charge is 0.307 e. The first-order valence-corrected chi connectivity index (χ1v) is 11.1.